The third kappa shape index (κ3) is 3.82. The Hall–Kier alpha value is -1.36. The number of nitrogens with two attached hydrogens (primary N) is 1. The van der Waals surface area contributed by atoms with E-state index in [4.69, 9.17) is 5.73 Å². The molecule has 0 saturated heterocycles. The monoisotopic (exact) mass is 280 g/mol. The van der Waals surface area contributed by atoms with Crippen molar-refractivity contribution in [1.29, 1.82) is 0 Å². The van der Waals surface area contributed by atoms with Gasteiger partial charge in [-0.05, 0) is 26.7 Å². The standard InChI is InChI=1S/C15H28N4O/c1-10(2)9-19-13(5)14(12(4)17-19)7-15(20)18(6)11(3)8-16/h10-11H,7-9,16H2,1-6H3. The molecule has 1 aromatic rings. The van der Waals surface area contributed by atoms with Crippen LogP contribution in [0.15, 0.2) is 0 Å². The summed E-state index contributed by atoms with van der Waals surface area (Å²) in [7, 11) is 1.81. The number of hydrogen-bond acceptors (Lipinski definition) is 3. The third-order valence-corrected chi connectivity index (χ3v) is 3.79. The molecule has 0 saturated carbocycles. The number of nitrogens with zero attached hydrogens (tertiary/aromatic N) is 3. The van der Waals surface area contributed by atoms with Crippen molar-refractivity contribution in [2.24, 2.45) is 11.7 Å². The first-order chi connectivity index (χ1) is 9.27. The van der Waals surface area contributed by atoms with Crippen LogP contribution in [0.2, 0.25) is 0 Å². The Bertz CT molecular complexity index is 465. The molecule has 1 heterocycles. The van der Waals surface area contributed by atoms with Crippen molar-refractivity contribution in [3.63, 3.8) is 0 Å². The largest absolute Gasteiger partial charge is 0.341 e. The molecule has 1 rings (SSSR count). The van der Waals surface area contributed by atoms with Gasteiger partial charge in [0.1, 0.15) is 0 Å². The van der Waals surface area contributed by atoms with Crippen molar-refractivity contribution in [2.75, 3.05) is 13.6 Å². The van der Waals surface area contributed by atoms with Crippen LogP contribution in [0, 0.1) is 19.8 Å². The minimum absolute atomic E-state index is 0.0637. The van der Waals surface area contributed by atoms with E-state index in [0.717, 1.165) is 23.5 Å². The second-order valence-electron chi connectivity index (χ2n) is 5.99. The van der Waals surface area contributed by atoms with Gasteiger partial charge in [0.25, 0.3) is 0 Å². The molecule has 1 amide bonds. The Morgan fingerprint density at radius 3 is 2.45 bits per heavy atom. The van der Waals surface area contributed by atoms with Gasteiger partial charge in [-0.15, -0.1) is 0 Å². The summed E-state index contributed by atoms with van der Waals surface area (Å²) in [5.74, 6) is 0.634. The van der Waals surface area contributed by atoms with E-state index in [9.17, 15) is 4.79 Å². The van der Waals surface area contributed by atoms with Crippen LogP contribution >= 0.6 is 0 Å². The normalized spacial score (nSPS) is 12.8. The first-order valence-electron chi connectivity index (χ1n) is 7.26. The molecule has 0 aliphatic carbocycles. The van der Waals surface area contributed by atoms with Gasteiger partial charge in [-0.2, -0.15) is 5.10 Å². The molecule has 1 aromatic heterocycles. The van der Waals surface area contributed by atoms with Crippen molar-refractivity contribution >= 4 is 5.91 Å². The predicted octanol–water partition coefficient (Wildman–Crippen LogP) is 1.50. The van der Waals surface area contributed by atoms with Crippen LogP contribution in [0.5, 0.6) is 0 Å². The molecule has 0 aliphatic heterocycles. The van der Waals surface area contributed by atoms with Crippen LogP contribution in [-0.4, -0.2) is 40.2 Å². The van der Waals surface area contributed by atoms with Crippen LogP contribution in [0.4, 0.5) is 0 Å². The Balaban J connectivity index is 2.87. The molecule has 0 spiro atoms. The van der Waals surface area contributed by atoms with Crippen molar-refractivity contribution in [3.05, 3.63) is 17.0 Å². The van der Waals surface area contributed by atoms with Gasteiger partial charge in [0.05, 0.1) is 12.1 Å². The quantitative estimate of drug-likeness (QED) is 0.859. The van der Waals surface area contributed by atoms with E-state index < -0.39 is 0 Å². The first kappa shape index (κ1) is 16.7. The highest BCUT2D eigenvalue weighted by Gasteiger charge is 2.19. The molecule has 1 unspecified atom stereocenters. The van der Waals surface area contributed by atoms with Gasteiger partial charge in [0.2, 0.25) is 5.91 Å². The lowest BCUT2D eigenvalue weighted by atomic mass is 10.1. The maximum Gasteiger partial charge on any atom is 0.227 e. The fraction of sp³-hybridized carbons (Fsp3) is 0.733. The highest BCUT2D eigenvalue weighted by atomic mass is 16.2. The summed E-state index contributed by atoms with van der Waals surface area (Å²) in [6.07, 6.45) is 0.399. The van der Waals surface area contributed by atoms with Crippen molar-refractivity contribution < 1.29 is 4.79 Å². The molecule has 5 heteroatoms. The van der Waals surface area contributed by atoms with Gasteiger partial charge in [-0.25, -0.2) is 0 Å². The molecule has 5 nitrogen and oxygen atoms in total. The maximum atomic E-state index is 12.3. The molecular formula is C15H28N4O. The van der Waals surface area contributed by atoms with Crippen LogP contribution in [0.3, 0.4) is 0 Å². The SMILES string of the molecule is Cc1nn(CC(C)C)c(C)c1CC(=O)N(C)C(C)CN. The second kappa shape index (κ2) is 6.88. The fourth-order valence-electron chi connectivity index (χ4n) is 2.19. The number of carbonyl (C=O) groups is 1. The van der Waals surface area contributed by atoms with E-state index in [1.165, 1.54) is 0 Å². The molecule has 0 fully saturated rings. The lowest BCUT2D eigenvalue weighted by molar-refractivity contribution is -0.130. The summed E-state index contributed by atoms with van der Waals surface area (Å²) in [4.78, 5) is 14.0. The molecule has 2 N–H and O–H groups in total. The zero-order chi connectivity index (χ0) is 15.4. The number of aryl methyl sites for hydroxylation is 1. The Labute approximate surface area is 122 Å². The molecule has 0 aliphatic rings. The molecule has 0 radical (unpaired) electrons. The Kier molecular flexibility index (Phi) is 5.74. The summed E-state index contributed by atoms with van der Waals surface area (Å²) in [5, 5.41) is 4.55. The number of carbonyl (C=O) groups excluding carboxylic acids is 1. The number of likely N-dealkylation sites (N-methyl/N-ethyl adjacent to an activating group) is 1. The summed E-state index contributed by atoms with van der Waals surface area (Å²) < 4.78 is 2.01. The lowest BCUT2D eigenvalue weighted by Gasteiger charge is -2.23. The molecule has 20 heavy (non-hydrogen) atoms. The highest BCUT2D eigenvalue weighted by Crippen LogP contribution is 2.16. The van der Waals surface area contributed by atoms with Gasteiger partial charge in [-0.3, -0.25) is 9.48 Å². The zero-order valence-corrected chi connectivity index (χ0v) is 13.6. The van der Waals surface area contributed by atoms with Gasteiger partial charge < -0.3 is 10.6 Å². The average molecular weight is 280 g/mol. The summed E-state index contributed by atoms with van der Waals surface area (Å²) >= 11 is 0. The average Bonchev–Trinajstić information content (AvgIpc) is 2.63. The Morgan fingerprint density at radius 1 is 1.35 bits per heavy atom. The zero-order valence-electron chi connectivity index (χ0n) is 13.6. The van der Waals surface area contributed by atoms with E-state index in [1.807, 2.05) is 32.5 Å². The molecule has 0 bridgehead atoms. The lowest BCUT2D eigenvalue weighted by Crippen LogP contribution is -2.40. The van der Waals surface area contributed by atoms with Crippen LogP contribution in [0.1, 0.15) is 37.7 Å². The van der Waals surface area contributed by atoms with E-state index >= 15 is 0 Å². The van der Waals surface area contributed by atoms with E-state index in [1.54, 1.807) is 4.90 Å². The number of rotatable bonds is 6. The summed E-state index contributed by atoms with van der Waals surface area (Å²) in [5.41, 5.74) is 8.71. The summed E-state index contributed by atoms with van der Waals surface area (Å²) in [6, 6.07) is 0.0637. The van der Waals surface area contributed by atoms with E-state index in [2.05, 4.69) is 18.9 Å². The van der Waals surface area contributed by atoms with Crippen molar-refractivity contribution in [3.8, 4) is 0 Å². The van der Waals surface area contributed by atoms with Crippen LogP contribution in [0.25, 0.3) is 0 Å². The van der Waals surface area contributed by atoms with E-state index in [-0.39, 0.29) is 11.9 Å². The number of amides is 1. The van der Waals surface area contributed by atoms with Gasteiger partial charge in [-0.1, -0.05) is 13.8 Å². The van der Waals surface area contributed by atoms with Gasteiger partial charge in [0.15, 0.2) is 0 Å². The fourth-order valence-corrected chi connectivity index (χ4v) is 2.19. The molecule has 114 valence electrons. The topological polar surface area (TPSA) is 64.2 Å². The number of aromatic nitrogens is 2. The predicted molar refractivity (Wildman–Crippen MR) is 81.5 cm³/mol. The molecular weight excluding hydrogens is 252 g/mol. The van der Waals surface area contributed by atoms with Gasteiger partial charge in [0, 0.05) is 37.4 Å². The minimum Gasteiger partial charge on any atom is -0.341 e. The highest BCUT2D eigenvalue weighted by molar-refractivity contribution is 5.79. The first-order valence-corrected chi connectivity index (χ1v) is 7.26. The van der Waals surface area contributed by atoms with Crippen molar-refractivity contribution in [2.45, 2.75) is 53.6 Å². The van der Waals surface area contributed by atoms with Crippen molar-refractivity contribution in [1.82, 2.24) is 14.7 Å². The number of hydrogen-bond donors (Lipinski definition) is 1. The second-order valence-corrected chi connectivity index (χ2v) is 5.99. The van der Waals surface area contributed by atoms with Crippen LogP contribution < -0.4 is 5.73 Å². The van der Waals surface area contributed by atoms with Gasteiger partial charge >= 0.3 is 0 Å². The minimum atomic E-state index is 0.0637. The molecule has 0 aromatic carbocycles. The maximum absolute atomic E-state index is 12.3. The summed E-state index contributed by atoms with van der Waals surface area (Å²) in [6.45, 7) is 11.7. The van der Waals surface area contributed by atoms with E-state index in [0.29, 0.717) is 18.9 Å². The Morgan fingerprint density at radius 2 is 1.95 bits per heavy atom. The smallest absolute Gasteiger partial charge is 0.227 e. The molecule has 1 atom stereocenters. The third-order valence-electron chi connectivity index (χ3n) is 3.79. The van der Waals surface area contributed by atoms with Crippen LogP contribution in [-0.2, 0) is 17.8 Å².